The minimum Gasteiger partial charge on any atom is -0.490 e. The molecule has 3 aromatic heterocycles. The molecule has 0 spiro atoms. The lowest BCUT2D eigenvalue weighted by Gasteiger charge is -2.16. The van der Waals surface area contributed by atoms with Crippen LogP contribution in [0.4, 0.5) is 0 Å². The number of hydrogen-bond acceptors (Lipinski definition) is 12. The van der Waals surface area contributed by atoms with Crippen LogP contribution in [0, 0.1) is 27.7 Å². The Labute approximate surface area is 248 Å². The van der Waals surface area contributed by atoms with Crippen LogP contribution < -0.4 is 10.1 Å². The molecule has 1 amide bonds. The second-order valence-electron chi connectivity index (χ2n) is 9.15. The van der Waals surface area contributed by atoms with Crippen LogP contribution in [0.25, 0.3) is 22.2 Å². The third-order valence-electron chi connectivity index (χ3n) is 5.79. The van der Waals surface area contributed by atoms with Crippen LogP contribution in [0.1, 0.15) is 51.3 Å². The van der Waals surface area contributed by atoms with Crippen molar-refractivity contribution in [2.45, 2.75) is 33.8 Å². The van der Waals surface area contributed by atoms with Gasteiger partial charge >= 0.3 is 5.97 Å². The van der Waals surface area contributed by atoms with Gasteiger partial charge in [-0.3, -0.25) is 14.4 Å². The van der Waals surface area contributed by atoms with Crippen molar-refractivity contribution < 1.29 is 43.8 Å². The number of aliphatic hydroxyl groups excluding tert-OH is 2. The first-order valence-electron chi connectivity index (χ1n) is 12.5. The van der Waals surface area contributed by atoms with E-state index in [2.05, 4.69) is 15.5 Å². The van der Waals surface area contributed by atoms with Crippen LogP contribution in [-0.2, 0) is 4.79 Å². The predicted molar refractivity (Wildman–Crippen MR) is 156 cm³/mol. The van der Waals surface area contributed by atoms with E-state index in [9.17, 15) is 24.3 Å². The number of aldehydes is 2. The number of aromatic nitrogens is 2. The number of ether oxygens (including phenoxy) is 1. The highest BCUT2D eigenvalue weighted by atomic mass is 32.1. The van der Waals surface area contributed by atoms with Crippen LogP contribution >= 0.6 is 22.7 Å². The van der Waals surface area contributed by atoms with Gasteiger partial charge in [0.25, 0.3) is 5.89 Å². The number of thiophene rings is 2. The number of hydrogen-bond donors (Lipinski definition) is 4. The first kappa shape index (κ1) is 32.3. The topological polar surface area (TPSA) is 189 Å². The molecule has 0 aliphatic rings. The molecular formula is C28H29N3O9S2. The molecule has 4 N–H and O–H groups in total. The Morgan fingerprint density at radius 2 is 1.62 bits per heavy atom. The zero-order valence-corrected chi connectivity index (χ0v) is 24.8. The van der Waals surface area contributed by atoms with E-state index in [1.165, 1.54) is 17.4 Å². The highest BCUT2D eigenvalue weighted by molar-refractivity contribution is 7.17. The maximum Gasteiger partial charge on any atom is 0.345 e. The maximum atomic E-state index is 11.1. The summed E-state index contributed by atoms with van der Waals surface area (Å²) < 4.78 is 11.1. The van der Waals surface area contributed by atoms with Gasteiger partial charge in [0.1, 0.15) is 29.9 Å². The zero-order valence-electron chi connectivity index (χ0n) is 23.2. The molecule has 42 heavy (non-hydrogen) atoms. The van der Waals surface area contributed by atoms with Crippen LogP contribution in [0.3, 0.4) is 0 Å². The summed E-state index contributed by atoms with van der Waals surface area (Å²) in [5.74, 6) is -0.163. The summed E-state index contributed by atoms with van der Waals surface area (Å²) in [6.07, 6.45) is 0.565. The van der Waals surface area contributed by atoms with Crippen molar-refractivity contribution in [3.05, 3.63) is 61.2 Å². The summed E-state index contributed by atoms with van der Waals surface area (Å²) >= 11 is 2.30. The van der Waals surface area contributed by atoms with Crippen molar-refractivity contribution in [2.75, 3.05) is 19.8 Å². The van der Waals surface area contributed by atoms with Crippen molar-refractivity contribution in [3.8, 4) is 27.9 Å². The van der Waals surface area contributed by atoms with E-state index in [0.29, 0.717) is 33.5 Å². The van der Waals surface area contributed by atoms with Gasteiger partial charge < -0.3 is 29.9 Å². The maximum absolute atomic E-state index is 11.1. The molecule has 0 saturated heterocycles. The molecule has 0 unspecified atom stereocenters. The molecule has 4 rings (SSSR count). The summed E-state index contributed by atoms with van der Waals surface area (Å²) in [5, 5.41) is 33.6. The molecule has 0 radical (unpaired) electrons. The zero-order chi connectivity index (χ0) is 31.0. The van der Waals surface area contributed by atoms with Gasteiger partial charge in [-0.15, -0.1) is 22.7 Å². The first-order chi connectivity index (χ1) is 20.0. The molecule has 222 valence electrons. The van der Waals surface area contributed by atoms with Crippen molar-refractivity contribution >= 4 is 47.1 Å². The Kier molecular flexibility index (Phi) is 11.2. The van der Waals surface area contributed by atoms with Crippen LogP contribution in [-0.4, -0.2) is 75.8 Å². The monoisotopic (exact) mass is 615 g/mol. The van der Waals surface area contributed by atoms with Crippen LogP contribution in [0.15, 0.2) is 28.8 Å². The van der Waals surface area contributed by atoms with E-state index < -0.39 is 24.6 Å². The predicted octanol–water partition coefficient (Wildman–Crippen LogP) is 3.62. The summed E-state index contributed by atoms with van der Waals surface area (Å²) in [4.78, 5) is 49.3. The number of benzene rings is 1. The SMILES string of the molecule is Cc1cc(-c2nc(-c3cc(C)c(OC[C@@H](O)CNC(=O)CO)c(C)c3)no2)sc1C=O.Cc1cc(C(=O)O)sc1C=O. The van der Waals surface area contributed by atoms with Gasteiger partial charge in [-0.25, -0.2) is 4.79 Å². The van der Waals surface area contributed by atoms with Gasteiger partial charge in [-0.2, -0.15) is 4.98 Å². The lowest BCUT2D eigenvalue weighted by molar-refractivity contribution is -0.124. The Balaban J connectivity index is 0.000000369. The molecule has 1 aromatic carbocycles. The number of nitrogens with zero attached hydrogens (tertiary/aromatic N) is 2. The largest absolute Gasteiger partial charge is 0.490 e. The quantitative estimate of drug-likeness (QED) is 0.180. The molecule has 0 fully saturated rings. The number of carbonyl (C=O) groups is 4. The molecule has 14 heteroatoms. The molecule has 4 aromatic rings. The fourth-order valence-electron chi connectivity index (χ4n) is 3.71. The third-order valence-corrected chi connectivity index (χ3v) is 8.09. The highest BCUT2D eigenvalue weighted by Crippen LogP contribution is 2.33. The standard InChI is InChI=1S/C21H23N3O6S.C7H6O3S/c1-11-6-16(31-17(11)8-25)21-23-20(24-30-21)14-4-12(2)19(13(3)5-14)29-10-15(27)7-22-18(28)9-26;1-4-2-5(7(9)10)11-6(4)3-8/h4-6,8,15,26-27H,7,9-10H2,1-3H3,(H,22,28);2-3H,1H3,(H,9,10)/t15-;/m0./s1. The van der Waals surface area contributed by atoms with Crippen molar-refractivity contribution in [2.24, 2.45) is 0 Å². The Morgan fingerprint density at radius 1 is 1.00 bits per heavy atom. The molecular weight excluding hydrogens is 586 g/mol. The molecule has 0 saturated carbocycles. The van der Waals surface area contributed by atoms with Crippen molar-refractivity contribution in [1.29, 1.82) is 0 Å². The summed E-state index contributed by atoms with van der Waals surface area (Å²) in [5.41, 5.74) is 3.98. The number of aromatic carboxylic acids is 1. The van der Waals surface area contributed by atoms with E-state index in [4.69, 9.17) is 19.5 Å². The number of aliphatic hydroxyl groups is 2. The number of nitrogens with one attached hydrogen (secondary N) is 1. The van der Waals surface area contributed by atoms with Crippen molar-refractivity contribution in [3.63, 3.8) is 0 Å². The molecule has 0 bridgehead atoms. The minimum absolute atomic E-state index is 0.0180. The van der Waals surface area contributed by atoms with E-state index in [1.807, 2.05) is 39.0 Å². The number of rotatable bonds is 11. The van der Waals surface area contributed by atoms with E-state index >= 15 is 0 Å². The molecule has 0 aliphatic carbocycles. The summed E-state index contributed by atoms with van der Waals surface area (Å²) in [6.45, 7) is 6.63. The normalized spacial score (nSPS) is 11.3. The average Bonchev–Trinajstić information content (AvgIpc) is 3.69. The van der Waals surface area contributed by atoms with E-state index in [0.717, 1.165) is 50.3 Å². The minimum atomic E-state index is -0.980. The fraction of sp³-hybridized carbons (Fsp3) is 0.286. The Bertz CT molecular complexity index is 1570. The van der Waals surface area contributed by atoms with E-state index in [1.54, 1.807) is 6.92 Å². The van der Waals surface area contributed by atoms with Crippen molar-refractivity contribution in [1.82, 2.24) is 15.5 Å². The molecule has 3 heterocycles. The van der Waals surface area contributed by atoms with E-state index in [-0.39, 0.29) is 18.0 Å². The molecule has 12 nitrogen and oxygen atoms in total. The second-order valence-corrected chi connectivity index (χ2v) is 11.3. The number of carboxylic acids is 1. The second kappa shape index (κ2) is 14.6. The smallest absolute Gasteiger partial charge is 0.345 e. The number of aryl methyl sites for hydroxylation is 4. The Hall–Kier alpha value is -4.24. The Morgan fingerprint density at radius 3 is 2.14 bits per heavy atom. The molecule has 1 atom stereocenters. The van der Waals surface area contributed by atoms with Crippen LogP contribution in [0.5, 0.6) is 5.75 Å². The lowest BCUT2D eigenvalue weighted by atomic mass is 10.1. The van der Waals surface area contributed by atoms with Gasteiger partial charge in [-0.1, -0.05) is 5.16 Å². The van der Waals surface area contributed by atoms with Gasteiger partial charge in [-0.05, 0) is 74.2 Å². The fourth-order valence-corrected chi connectivity index (χ4v) is 5.45. The number of carbonyl (C=O) groups excluding carboxylic acids is 3. The highest BCUT2D eigenvalue weighted by Gasteiger charge is 2.17. The number of amides is 1. The van der Waals surface area contributed by atoms with Crippen LogP contribution in [0.2, 0.25) is 0 Å². The summed E-state index contributed by atoms with van der Waals surface area (Å²) in [6, 6.07) is 7.05. The lowest BCUT2D eigenvalue weighted by Crippen LogP contribution is -2.36. The number of carboxylic acid groups (broad SMARTS) is 1. The van der Waals surface area contributed by atoms with Gasteiger partial charge in [0, 0.05) is 12.1 Å². The van der Waals surface area contributed by atoms with Gasteiger partial charge in [0.2, 0.25) is 11.7 Å². The van der Waals surface area contributed by atoms with Gasteiger partial charge in [0.15, 0.2) is 12.6 Å². The summed E-state index contributed by atoms with van der Waals surface area (Å²) in [7, 11) is 0. The van der Waals surface area contributed by atoms with Gasteiger partial charge in [0.05, 0.1) is 14.6 Å². The first-order valence-corrected chi connectivity index (χ1v) is 14.1. The molecule has 0 aliphatic heterocycles. The third kappa shape index (κ3) is 8.16. The average molecular weight is 616 g/mol.